The van der Waals surface area contributed by atoms with Crippen molar-refractivity contribution < 1.29 is 4.39 Å². The quantitative estimate of drug-likeness (QED) is 0.581. The lowest BCUT2D eigenvalue weighted by Crippen LogP contribution is -2.02. The summed E-state index contributed by atoms with van der Waals surface area (Å²) in [5.41, 5.74) is 5.15. The van der Waals surface area contributed by atoms with Crippen molar-refractivity contribution in [2.75, 3.05) is 0 Å². The maximum atomic E-state index is 12.1. The summed E-state index contributed by atoms with van der Waals surface area (Å²) in [5.74, 6) is 0.0172. The van der Waals surface area contributed by atoms with Gasteiger partial charge in [-0.2, -0.15) is 0 Å². The van der Waals surface area contributed by atoms with Gasteiger partial charge in [0.1, 0.15) is 5.82 Å². The van der Waals surface area contributed by atoms with Crippen molar-refractivity contribution in [1.29, 1.82) is 0 Å². The lowest BCUT2D eigenvalue weighted by atomic mass is 10.5. The Balaban J connectivity index is 2.88. The van der Waals surface area contributed by atoms with Crippen molar-refractivity contribution in [3.05, 3.63) is 24.0 Å². The molecule has 1 heterocycles. The predicted molar refractivity (Wildman–Crippen MR) is 29.9 cm³/mol. The minimum atomic E-state index is -0.438. The van der Waals surface area contributed by atoms with E-state index in [2.05, 4.69) is 9.97 Å². The third-order valence-electron chi connectivity index (χ3n) is 0.856. The second-order valence-electron chi connectivity index (χ2n) is 1.52. The minimum Gasteiger partial charge on any atom is -0.324 e. The van der Waals surface area contributed by atoms with Gasteiger partial charge in [0.05, 0.1) is 18.9 Å². The first-order chi connectivity index (χ1) is 4.33. The molecule has 3 nitrogen and oxygen atoms in total. The number of hydrogen-bond donors (Lipinski definition) is 1. The average Bonchev–Trinajstić information content (AvgIpc) is 1.90. The van der Waals surface area contributed by atoms with E-state index in [-0.39, 0.29) is 6.54 Å². The molecule has 9 heavy (non-hydrogen) atoms. The summed E-state index contributed by atoms with van der Waals surface area (Å²) in [6.07, 6.45) is 2.18. The Labute approximate surface area is 51.7 Å². The molecule has 4 heteroatoms. The SMILES string of the molecule is NCc1ncc(F)cn1. The molecule has 1 rings (SSSR count). The van der Waals surface area contributed by atoms with Crippen LogP contribution in [-0.2, 0) is 6.54 Å². The molecule has 0 saturated carbocycles. The van der Waals surface area contributed by atoms with Crippen molar-refractivity contribution in [3.63, 3.8) is 0 Å². The predicted octanol–water partition coefficient (Wildman–Crippen LogP) is 0.0744. The van der Waals surface area contributed by atoms with Gasteiger partial charge in [-0.15, -0.1) is 0 Å². The lowest BCUT2D eigenvalue weighted by Gasteiger charge is -1.90. The first-order valence-electron chi connectivity index (χ1n) is 2.49. The Morgan fingerprint density at radius 2 is 2.00 bits per heavy atom. The van der Waals surface area contributed by atoms with Gasteiger partial charge in [-0.1, -0.05) is 0 Å². The Morgan fingerprint density at radius 3 is 2.44 bits per heavy atom. The fourth-order valence-electron chi connectivity index (χ4n) is 0.444. The normalized spacial score (nSPS) is 9.56. The van der Waals surface area contributed by atoms with Crippen molar-refractivity contribution >= 4 is 0 Å². The van der Waals surface area contributed by atoms with E-state index in [0.717, 1.165) is 12.4 Å². The molecule has 0 spiro atoms. The maximum Gasteiger partial charge on any atom is 0.159 e. The Kier molecular flexibility index (Phi) is 1.69. The third kappa shape index (κ3) is 1.43. The van der Waals surface area contributed by atoms with Gasteiger partial charge in [0.2, 0.25) is 0 Å². The van der Waals surface area contributed by atoms with Crippen molar-refractivity contribution in [1.82, 2.24) is 9.97 Å². The van der Waals surface area contributed by atoms with Crippen LogP contribution >= 0.6 is 0 Å². The molecule has 0 aliphatic heterocycles. The number of nitrogens with two attached hydrogens (primary N) is 1. The molecule has 0 aliphatic rings. The fraction of sp³-hybridized carbons (Fsp3) is 0.200. The number of aromatic nitrogens is 2. The van der Waals surface area contributed by atoms with Crippen molar-refractivity contribution in [2.45, 2.75) is 6.54 Å². The molecule has 0 unspecified atom stereocenters. The molecule has 0 amide bonds. The van der Waals surface area contributed by atoms with Crippen LogP contribution in [0.4, 0.5) is 4.39 Å². The van der Waals surface area contributed by atoms with Crippen LogP contribution in [0.3, 0.4) is 0 Å². The zero-order valence-corrected chi connectivity index (χ0v) is 4.71. The summed E-state index contributed by atoms with van der Waals surface area (Å²) in [6, 6.07) is 0. The van der Waals surface area contributed by atoms with Crippen LogP contribution in [0, 0.1) is 5.82 Å². The summed E-state index contributed by atoms with van der Waals surface area (Å²) in [6.45, 7) is 0.250. The zero-order valence-electron chi connectivity index (χ0n) is 4.71. The molecule has 0 saturated heterocycles. The number of halogens is 1. The third-order valence-corrected chi connectivity index (χ3v) is 0.856. The highest BCUT2D eigenvalue weighted by Crippen LogP contribution is 1.90. The summed E-state index contributed by atoms with van der Waals surface area (Å²) >= 11 is 0. The van der Waals surface area contributed by atoms with Gasteiger partial charge in [-0.05, 0) is 0 Å². The molecule has 0 aliphatic carbocycles. The molecule has 0 bridgehead atoms. The van der Waals surface area contributed by atoms with Gasteiger partial charge in [-0.3, -0.25) is 0 Å². The first kappa shape index (κ1) is 6.10. The zero-order chi connectivity index (χ0) is 6.69. The molecule has 0 aromatic carbocycles. The van der Waals surface area contributed by atoms with Gasteiger partial charge in [0, 0.05) is 0 Å². The number of rotatable bonds is 1. The van der Waals surface area contributed by atoms with Crippen LogP contribution in [0.2, 0.25) is 0 Å². The average molecular weight is 127 g/mol. The van der Waals surface area contributed by atoms with Gasteiger partial charge < -0.3 is 5.73 Å². The smallest absolute Gasteiger partial charge is 0.159 e. The highest BCUT2D eigenvalue weighted by Gasteiger charge is 1.90. The summed E-state index contributed by atoms with van der Waals surface area (Å²) in [5, 5.41) is 0. The number of nitrogens with zero attached hydrogens (tertiary/aromatic N) is 2. The second-order valence-corrected chi connectivity index (χ2v) is 1.52. The van der Waals surface area contributed by atoms with Crippen molar-refractivity contribution in [2.24, 2.45) is 5.73 Å². The molecule has 0 atom stereocenters. The van der Waals surface area contributed by atoms with Gasteiger partial charge in [0.15, 0.2) is 5.82 Å². The Hall–Kier alpha value is -1.03. The monoisotopic (exact) mass is 127 g/mol. The molecule has 0 fully saturated rings. The molecule has 48 valence electrons. The van der Waals surface area contributed by atoms with E-state index in [0.29, 0.717) is 5.82 Å². The molecule has 2 N–H and O–H groups in total. The van der Waals surface area contributed by atoms with Crippen LogP contribution in [0.1, 0.15) is 5.82 Å². The van der Waals surface area contributed by atoms with Crippen LogP contribution in [0.15, 0.2) is 12.4 Å². The first-order valence-corrected chi connectivity index (χ1v) is 2.49. The van der Waals surface area contributed by atoms with E-state index in [1.54, 1.807) is 0 Å². The van der Waals surface area contributed by atoms with E-state index in [1.807, 2.05) is 0 Å². The summed E-state index contributed by atoms with van der Waals surface area (Å²) in [4.78, 5) is 7.17. The van der Waals surface area contributed by atoms with Crippen LogP contribution < -0.4 is 5.73 Å². The van der Waals surface area contributed by atoms with Gasteiger partial charge >= 0.3 is 0 Å². The highest BCUT2D eigenvalue weighted by atomic mass is 19.1. The molecule has 1 aromatic heterocycles. The molecule has 1 aromatic rings. The largest absolute Gasteiger partial charge is 0.324 e. The number of hydrogen-bond acceptors (Lipinski definition) is 3. The van der Waals surface area contributed by atoms with Crippen LogP contribution in [0.25, 0.3) is 0 Å². The summed E-state index contributed by atoms with van der Waals surface area (Å²) < 4.78 is 12.1. The Morgan fingerprint density at radius 1 is 1.44 bits per heavy atom. The van der Waals surface area contributed by atoms with Crippen LogP contribution in [0.5, 0.6) is 0 Å². The van der Waals surface area contributed by atoms with Crippen molar-refractivity contribution in [3.8, 4) is 0 Å². The molecular formula is C5H6FN3. The van der Waals surface area contributed by atoms with E-state index in [4.69, 9.17) is 5.73 Å². The van der Waals surface area contributed by atoms with E-state index in [1.165, 1.54) is 0 Å². The highest BCUT2D eigenvalue weighted by molar-refractivity contribution is 4.89. The molecular weight excluding hydrogens is 121 g/mol. The van der Waals surface area contributed by atoms with E-state index < -0.39 is 5.82 Å². The minimum absolute atomic E-state index is 0.250. The fourth-order valence-corrected chi connectivity index (χ4v) is 0.444. The van der Waals surface area contributed by atoms with Crippen LogP contribution in [-0.4, -0.2) is 9.97 Å². The molecule has 0 radical (unpaired) electrons. The standard InChI is InChI=1S/C5H6FN3/c6-4-2-8-5(1-7)9-3-4/h2-3H,1,7H2. The van der Waals surface area contributed by atoms with Gasteiger partial charge in [-0.25, -0.2) is 14.4 Å². The Bertz CT molecular complexity index is 184. The topological polar surface area (TPSA) is 51.8 Å². The summed E-state index contributed by atoms with van der Waals surface area (Å²) in [7, 11) is 0. The van der Waals surface area contributed by atoms with E-state index >= 15 is 0 Å². The lowest BCUT2D eigenvalue weighted by molar-refractivity contribution is 0.608. The maximum absolute atomic E-state index is 12.1. The van der Waals surface area contributed by atoms with Gasteiger partial charge in [0.25, 0.3) is 0 Å². The second kappa shape index (κ2) is 2.50. The van der Waals surface area contributed by atoms with E-state index in [9.17, 15) is 4.39 Å².